The molecule has 21 heavy (non-hydrogen) atoms. The zero-order valence-corrected chi connectivity index (χ0v) is 12.1. The largest absolute Gasteiger partial charge is 0.487 e. The number of pyridine rings is 1. The summed E-state index contributed by atoms with van der Waals surface area (Å²) in [5.41, 5.74) is 0.834. The van der Waals surface area contributed by atoms with E-state index in [0.29, 0.717) is 5.02 Å². The number of rotatable bonds is 6. The summed E-state index contributed by atoms with van der Waals surface area (Å²) < 4.78 is 5.55. The van der Waals surface area contributed by atoms with Gasteiger partial charge in [0.1, 0.15) is 18.2 Å². The first-order valence-electron chi connectivity index (χ1n) is 6.35. The van der Waals surface area contributed by atoms with E-state index in [4.69, 9.17) is 16.3 Å². The molecule has 110 valence electrons. The quantitative estimate of drug-likeness (QED) is 0.651. The zero-order valence-electron chi connectivity index (χ0n) is 11.4. The van der Waals surface area contributed by atoms with E-state index in [1.165, 1.54) is 18.2 Å². The van der Waals surface area contributed by atoms with E-state index in [-0.39, 0.29) is 18.0 Å². The molecule has 6 nitrogen and oxygen atoms in total. The lowest BCUT2D eigenvalue weighted by Gasteiger charge is -2.09. The molecule has 0 aliphatic heterocycles. The van der Waals surface area contributed by atoms with Gasteiger partial charge in [0.25, 0.3) is 5.69 Å². The van der Waals surface area contributed by atoms with Crippen molar-refractivity contribution in [1.29, 1.82) is 0 Å². The van der Waals surface area contributed by atoms with Gasteiger partial charge in [-0.3, -0.25) is 10.1 Å². The molecule has 0 unspecified atom stereocenters. The second-order valence-electron chi connectivity index (χ2n) is 4.24. The number of nitro groups is 1. The summed E-state index contributed by atoms with van der Waals surface area (Å²) in [6.07, 6.45) is 1.67. The predicted octanol–water partition coefficient (Wildman–Crippen LogP) is 3.65. The highest BCUT2D eigenvalue weighted by Gasteiger charge is 2.11. The first kappa shape index (κ1) is 15.1. The van der Waals surface area contributed by atoms with Gasteiger partial charge in [-0.2, -0.15) is 0 Å². The maximum absolute atomic E-state index is 10.7. The molecule has 2 rings (SSSR count). The smallest absolute Gasteiger partial charge is 0.273 e. The molecule has 1 aromatic heterocycles. The van der Waals surface area contributed by atoms with Crippen molar-refractivity contribution in [3.05, 3.63) is 57.2 Å². The maximum Gasteiger partial charge on any atom is 0.273 e. The van der Waals surface area contributed by atoms with E-state index >= 15 is 0 Å². The Morgan fingerprint density at radius 3 is 2.90 bits per heavy atom. The highest BCUT2D eigenvalue weighted by Crippen LogP contribution is 2.29. The number of non-ortho nitro benzene ring substituents is 1. The summed E-state index contributed by atoms with van der Waals surface area (Å²) in [5.74, 6) is 1.04. The number of hydrogen-bond donors (Lipinski definition) is 1. The minimum absolute atomic E-state index is 0.0579. The Morgan fingerprint density at radius 2 is 2.19 bits per heavy atom. The fraction of sp³-hybridized carbons (Fsp3) is 0.214. The van der Waals surface area contributed by atoms with Crippen molar-refractivity contribution in [2.75, 3.05) is 11.9 Å². The maximum atomic E-state index is 10.7. The number of halogens is 1. The van der Waals surface area contributed by atoms with Gasteiger partial charge in [0, 0.05) is 18.8 Å². The van der Waals surface area contributed by atoms with E-state index in [1.807, 2.05) is 19.1 Å². The second kappa shape index (κ2) is 6.90. The first-order valence-corrected chi connectivity index (χ1v) is 6.73. The topological polar surface area (TPSA) is 77.3 Å². The molecular formula is C14H14ClN3O3. The third-order valence-corrected chi connectivity index (χ3v) is 3.01. The van der Waals surface area contributed by atoms with Crippen molar-refractivity contribution in [3.63, 3.8) is 0 Å². The minimum Gasteiger partial charge on any atom is -0.487 e. The number of nitro benzene ring substituents is 1. The molecule has 0 amide bonds. The Bertz CT molecular complexity index is 649. The third kappa shape index (κ3) is 4.06. The van der Waals surface area contributed by atoms with Crippen LogP contribution in [0, 0.1) is 10.1 Å². The van der Waals surface area contributed by atoms with Crippen LogP contribution >= 0.6 is 11.6 Å². The van der Waals surface area contributed by atoms with Gasteiger partial charge in [-0.25, -0.2) is 4.98 Å². The van der Waals surface area contributed by atoms with Crippen molar-refractivity contribution in [2.24, 2.45) is 0 Å². The molecule has 0 spiro atoms. The second-order valence-corrected chi connectivity index (χ2v) is 4.65. The summed E-state index contributed by atoms with van der Waals surface area (Å²) in [7, 11) is 0. The molecule has 2 aromatic rings. The van der Waals surface area contributed by atoms with E-state index in [0.717, 1.165) is 17.9 Å². The van der Waals surface area contributed by atoms with Gasteiger partial charge < -0.3 is 10.1 Å². The Hall–Kier alpha value is -2.34. The summed E-state index contributed by atoms with van der Waals surface area (Å²) in [6, 6.07) is 7.77. The number of benzene rings is 1. The SMILES string of the molecule is CCNc1cc(COc2cc([N+](=O)[O-])ccc2Cl)ccn1. The summed E-state index contributed by atoms with van der Waals surface area (Å²) >= 11 is 5.98. The lowest BCUT2D eigenvalue weighted by Crippen LogP contribution is -2.02. The summed E-state index contributed by atoms with van der Waals surface area (Å²) in [5, 5.41) is 14.2. The minimum atomic E-state index is -0.487. The van der Waals surface area contributed by atoms with Gasteiger partial charge >= 0.3 is 0 Å². The van der Waals surface area contributed by atoms with Crippen LogP contribution in [0.1, 0.15) is 12.5 Å². The Morgan fingerprint density at radius 1 is 1.38 bits per heavy atom. The van der Waals surface area contributed by atoms with Gasteiger partial charge in [0.05, 0.1) is 16.0 Å². The molecule has 7 heteroatoms. The van der Waals surface area contributed by atoms with E-state index in [2.05, 4.69) is 10.3 Å². The predicted molar refractivity (Wildman–Crippen MR) is 80.8 cm³/mol. The van der Waals surface area contributed by atoms with Crippen LogP contribution in [0.25, 0.3) is 0 Å². The molecular weight excluding hydrogens is 294 g/mol. The molecule has 1 aromatic carbocycles. The standard InChI is InChI=1S/C14H14ClN3O3/c1-2-16-14-7-10(5-6-17-14)9-21-13-8-11(18(19)20)3-4-12(13)15/h3-8H,2,9H2,1H3,(H,16,17). The third-order valence-electron chi connectivity index (χ3n) is 2.70. The van der Waals surface area contributed by atoms with Gasteiger partial charge in [0.15, 0.2) is 0 Å². The molecule has 0 saturated carbocycles. The van der Waals surface area contributed by atoms with Crippen molar-refractivity contribution in [2.45, 2.75) is 13.5 Å². The monoisotopic (exact) mass is 307 g/mol. The number of nitrogens with zero attached hydrogens (tertiary/aromatic N) is 2. The molecule has 1 N–H and O–H groups in total. The number of nitrogens with one attached hydrogen (secondary N) is 1. The van der Waals surface area contributed by atoms with Gasteiger partial charge in [0.2, 0.25) is 0 Å². The van der Waals surface area contributed by atoms with Crippen LogP contribution < -0.4 is 10.1 Å². The molecule has 0 saturated heterocycles. The highest BCUT2D eigenvalue weighted by atomic mass is 35.5. The summed E-state index contributed by atoms with van der Waals surface area (Å²) in [6.45, 7) is 3.00. The number of hydrogen-bond acceptors (Lipinski definition) is 5. The fourth-order valence-corrected chi connectivity index (χ4v) is 1.89. The first-order chi connectivity index (χ1) is 10.1. The lowest BCUT2D eigenvalue weighted by atomic mass is 10.2. The lowest BCUT2D eigenvalue weighted by molar-refractivity contribution is -0.384. The van der Waals surface area contributed by atoms with Crippen LogP contribution in [0.5, 0.6) is 5.75 Å². The molecule has 0 aliphatic rings. The van der Waals surface area contributed by atoms with Gasteiger partial charge in [-0.05, 0) is 30.7 Å². The fourth-order valence-electron chi connectivity index (χ4n) is 1.72. The van der Waals surface area contributed by atoms with E-state index < -0.39 is 4.92 Å². The summed E-state index contributed by atoms with van der Waals surface area (Å²) in [4.78, 5) is 14.4. The van der Waals surface area contributed by atoms with Gasteiger partial charge in [-0.1, -0.05) is 11.6 Å². The van der Waals surface area contributed by atoms with Crippen LogP contribution in [0.3, 0.4) is 0 Å². The van der Waals surface area contributed by atoms with Gasteiger partial charge in [-0.15, -0.1) is 0 Å². The van der Waals surface area contributed by atoms with Crippen molar-refractivity contribution in [3.8, 4) is 5.75 Å². The number of anilines is 1. The Kier molecular flexibility index (Phi) is 4.94. The normalized spacial score (nSPS) is 10.2. The van der Waals surface area contributed by atoms with E-state index in [1.54, 1.807) is 6.20 Å². The molecule has 0 fully saturated rings. The zero-order chi connectivity index (χ0) is 15.2. The Labute approximate surface area is 126 Å². The van der Waals surface area contributed by atoms with Crippen molar-refractivity contribution in [1.82, 2.24) is 4.98 Å². The van der Waals surface area contributed by atoms with Crippen LogP contribution in [0.4, 0.5) is 11.5 Å². The molecule has 1 heterocycles. The van der Waals surface area contributed by atoms with E-state index in [9.17, 15) is 10.1 Å². The van der Waals surface area contributed by atoms with Crippen LogP contribution in [0.2, 0.25) is 5.02 Å². The molecule has 0 radical (unpaired) electrons. The number of aromatic nitrogens is 1. The van der Waals surface area contributed by atoms with Crippen molar-refractivity contribution >= 4 is 23.1 Å². The van der Waals surface area contributed by atoms with Crippen molar-refractivity contribution < 1.29 is 9.66 Å². The average Bonchev–Trinajstić information content (AvgIpc) is 2.47. The highest BCUT2D eigenvalue weighted by molar-refractivity contribution is 6.32. The Balaban J connectivity index is 2.10. The molecule has 0 bridgehead atoms. The molecule has 0 atom stereocenters. The average molecular weight is 308 g/mol. The van der Waals surface area contributed by atoms with Crippen LogP contribution in [-0.2, 0) is 6.61 Å². The van der Waals surface area contributed by atoms with Crippen LogP contribution in [0.15, 0.2) is 36.5 Å². The van der Waals surface area contributed by atoms with Crippen LogP contribution in [-0.4, -0.2) is 16.5 Å². The number of ether oxygens (including phenoxy) is 1. The molecule has 0 aliphatic carbocycles.